The zero-order valence-corrected chi connectivity index (χ0v) is 15.0. The van der Waals surface area contributed by atoms with E-state index in [9.17, 15) is 0 Å². The van der Waals surface area contributed by atoms with Crippen molar-refractivity contribution in [2.45, 2.75) is 59.5 Å². The highest BCUT2D eigenvalue weighted by Crippen LogP contribution is 2.39. The van der Waals surface area contributed by atoms with Gasteiger partial charge in [0.05, 0.1) is 0 Å². The molecule has 0 spiro atoms. The Kier molecular flexibility index (Phi) is 6.27. The molecular weight excluding hydrogens is 276 g/mol. The van der Waals surface area contributed by atoms with E-state index in [1.165, 1.54) is 30.7 Å². The molecule has 0 bridgehead atoms. The minimum atomic E-state index is 0.513. The quantitative estimate of drug-likeness (QED) is 0.804. The highest BCUT2D eigenvalue weighted by atomic mass is 32.1. The van der Waals surface area contributed by atoms with Crippen molar-refractivity contribution in [3.63, 3.8) is 0 Å². The molecule has 1 heterocycles. The van der Waals surface area contributed by atoms with E-state index in [1.807, 2.05) is 11.3 Å². The van der Waals surface area contributed by atoms with Crippen LogP contribution in [0.2, 0.25) is 0 Å². The number of nitrogens with zero attached hydrogens (tertiary/aromatic N) is 1. The number of nitrogens with one attached hydrogen (secondary N) is 1. The monoisotopic (exact) mass is 308 g/mol. The van der Waals surface area contributed by atoms with Crippen molar-refractivity contribution >= 4 is 11.3 Å². The first-order valence-corrected chi connectivity index (χ1v) is 9.40. The predicted octanol–water partition coefficient (Wildman–Crippen LogP) is 4.37. The molecule has 0 aliphatic heterocycles. The van der Waals surface area contributed by atoms with E-state index in [2.05, 4.69) is 55.4 Å². The Balaban J connectivity index is 1.97. The summed E-state index contributed by atoms with van der Waals surface area (Å²) in [5.41, 5.74) is 0.513. The maximum Gasteiger partial charge on any atom is 0.0327 e. The lowest BCUT2D eigenvalue weighted by molar-refractivity contribution is 0.100. The summed E-state index contributed by atoms with van der Waals surface area (Å²) in [6.45, 7) is 14.0. The van der Waals surface area contributed by atoms with Gasteiger partial charge < -0.3 is 5.32 Å². The van der Waals surface area contributed by atoms with Crippen molar-refractivity contribution in [2.24, 2.45) is 11.3 Å². The summed E-state index contributed by atoms with van der Waals surface area (Å²) >= 11 is 1.88. The van der Waals surface area contributed by atoms with E-state index in [4.69, 9.17) is 0 Å². The topological polar surface area (TPSA) is 15.3 Å². The van der Waals surface area contributed by atoms with Crippen LogP contribution in [-0.4, -0.2) is 30.6 Å². The van der Waals surface area contributed by atoms with Crippen LogP contribution in [0.3, 0.4) is 0 Å². The molecule has 1 fully saturated rings. The standard InChI is InChI=1S/C18H32N2S/c1-5-19-17-9-10-18(3,4)12-15(17)13-20(6-2)14-16-8-7-11-21-16/h7-8,11,15,17,19H,5-6,9-10,12-14H2,1-4H3. The first-order valence-electron chi connectivity index (χ1n) is 8.52. The number of thiophene rings is 1. The molecule has 1 aromatic rings. The van der Waals surface area contributed by atoms with Gasteiger partial charge in [0, 0.05) is 24.0 Å². The first-order chi connectivity index (χ1) is 10.0. The zero-order valence-electron chi connectivity index (χ0n) is 14.2. The van der Waals surface area contributed by atoms with Gasteiger partial charge in [-0.15, -0.1) is 11.3 Å². The second kappa shape index (κ2) is 7.75. The third-order valence-corrected chi connectivity index (χ3v) is 5.74. The zero-order chi connectivity index (χ0) is 15.3. The second-order valence-corrected chi connectivity index (χ2v) is 8.27. The minimum absolute atomic E-state index is 0.513. The van der Waals surface area contributed by atoms with Crippen LogP contribution in [-0.2, 0) is 6.54 Å². The van der Waals surface area contributed by atoms with Crippen molar-refractivity contribution in [3.8, 4) is 0 Å². The van der Waals surface area contributed by atoms with Crippen molar-refractivity contribution in [3.05, 3.63) is 22.4 Å². The molecule has 21 heavy (non-hydrogen) atoms. The molecule has 0 radical (unpaired) electrons. The normalized spacial score (nSPS) is 25.4. The van der Waals surface area contributed by atoms with Gasteiger partial charge in [-0.3, -0.25) is 4.90 Å². The maximum atomic E-state index is 3.74. The van der Waals surface area contributed by atoms with Crippen molar-refractivity contribution in [1.29, 1.82) is 0 Å². The molecule has 0 saturated heterocycles. The van der Waals surface area contributed by atoms with Gasteiger partial charge in [-0.2, -0.15) is 0 Å². The van der Waals surface area contributed by atoms with Gasteiger partial charge in [0.1, 0.15) is 0 Å². The Morgan fingerprint density at radius 3 is 2.81 bits per heavy atom. The van der Waals surface area contributed by atoms with E-state index >= 15 is 0 Å². The van der Waals surface area contributed by atoms with Crippen LogP contribution in [0.15, 0.2) is 17.5 Å². The molecule has 1 aliphatic carbocycles. The molecule has 2 atom stereocenters. The van der Waals surface area contributed by atoms with E-state index in [0.717, 1.165) is 25.6 Å². The molecular formula is C18H32N2S. The van der Waals surface area contributed by atoms with Crippen molar-refractivity contribution in [1.82, 2.24) is 10.2 Å². The van der Waals surface area contributed by atoms with Gasteiger partial charge in [-0.1, -0.05) is 33.8 Å². The van der Waals surface area contributed by atoms with E-state index in [-0.39, 0.29) is 0 Å². The fourth-order valence-corrected chi connectivity index (χ4v) is 4.46. The maximum absolute atomic E-state index is 3.74. The fraction of sp³-hybridized carbons (Fsp3) is 0.778. The average molecular weight is 309 g/mol. The van der Waals surface area contributed by atoms with E-state index in [1.54, 1.807) is 0 Å². The SMILES string of the molecule is CCNC1CCC(C)(C)CC1CN(CC)Cc1cccs1. The number of hydrogen-bond donors (Lipinski definition) is 1. The molecule has 120 valence electrons. The van der Waals surface area contributed by atoms with Crippen LogP contribution < -0.4 is 5.32 Å². The highest BCUT2D eigenvalue weighted by Gasteiger charge is 2.35. The molecule has 1 N–H and O–H groups in total. The van der Waals surface area contributed by atoms with Gasteiger partial charge in [0.15, 0.2) is 0 Å². The molecule has 3 heteroatoms. The van der Waals surface area contributed by atoms with E-state index < -0.39 is 0 Å². The summed E-state index contributed by atoms with van der Waals surface area (Å²) in [5, 5.41) is 5.93. The Hall–Kier alpha value is -0.380. The highest BCUT2D eigenvalue weighted by molar-refractivity contribution is 7.09. The largest absolute Gasteiger partial charge is 0.314 e. The number of rotatable bonds is 7. The third kappa shape index (κ3) is 5.08. The van der Waals surface area contributed by atoms with E-state index in [0.29, 0.717) is 11.5 Å². The van der Waals surface area contributed by atoms with Crippen molar-refractivity contribution < 1.29 is 0 Å². The van der Waals surface area contributed by atoms with Crippen LogP contribution >= 0.6 is 11.3 Å². The first kappa shape index (κ1) is 17.0. The van der Waals surface area contributed by atoms with Crippen LogP contribution in [0.25, 0.3) is 0 Å². The van der Waals surface area contributed by atoms with Crippen molar-refractivity contribution in [2.75, 3.05) is 19.6 Å². The van der Waals surface area contributed by atoms with Crippen LogP contribution in [0, 0.1) is 11.3 Å². The summed E-state index contributed by atoms with van der Waals surface area (Å²) < 4.78 is 0. The van der Waals surface area contributed by atoms with Crippen LogP contribution in [0.5, 0.6) is 0 Å². The molecule has 2 rings (SSSR count). The molecule has 2 nitrogen and oxygen atoms in total. The lowest BCUT2D eigenvalue weighted by Gasteiger charge is -2.43. The summed E-state index contributed by atoms with van der Waals surface area (Å²) in [6, 6.07) is 5.14. The molecule has 1 aromatic heterocycles. The molecule has 1 saturated carbocycles. The summed E-state index contributed by atoms with van der Waals surface area (Å²) in [7, 11) is 0. The molecule has 1 aliphatic rings. The Labute approximate surface area is 134 Å². The van der Waals surface area contributed by atoms with Gasteiger partial charge in [-0.25, -0.2) is 0 Å². The van der Waals surface area contributed by atoms with Gasteiger partial charge >= 0.3 is 0 Å². The summed E-state index contributed by atoms with van der Waals surface area (Å²) in [4.78, 5) is 4.12. The Morgan fingerprint density at radius 1 is 1.38 bits per heavy atom. The smallest absolute Gasteiger partial charge is 0.0327 e. The lowest BCUT2D eigenvalue weighted by Crippen LogP contribution is -2.47. The predicted molar refractivity (Wildman–Crippen MR) is 93.9 cm³/mol. The third-order valence-electron chi connectivity index (χ3n) is 4.88. The summed E-state index contributed by atoms with van der Waals surface area (Å²) in [5.74, 6) is 0.786. The Bertz CT molecular complexity index is 399. The lowest BCUT2D eigenvalue weighted by atomic mass is 9.69. The summed E-state index contributed by atoms with van der Waals surface area (Å²) in [6.07, 6.45) is 4.05. The van der Waals surface area contributed by atoms with Gasteiger partial charge in [-0.05, 0) is 55.1 Å². The average Bonchev–Trinajstić information content (AvgIpc) is 2.93. The molecule has 0 aromatic carbocycles. The second-order valence-electron chi connectivity index (χ2n) is 7.24. The van der Waals surface area contributed by atoms with Gasteiger partial charge in [0.25, 0.3) is 0 Å². The minimum Gasteiger partial charge on any atom is -0.314 e. The molecule has 2 unspecified atom stereocenters. The molecule has 0 amide bonds. The Morgan fingerprint density at radius 2 is 2.19 bits per heavy atom. The van der Waals surface area contributed by atoms with Crippen LogP contribution in [0.1, 0.15) is 51.8 Å². The fourth-order valence-electron chi connectivity index (χ4n) is 3.72. The van der Waals surface area contributed by atoms with Crippen LogP contribution in [0.4, 0.5) is 0 Å². The number of hydrogen-bond acceptors (Lipinski definition) is 3. The van der Waals surface area contributed by atoms with Gasteiger partial charge in [0.2, 0.25) is 0 Å².